The molecule has 4 aromatic rings. The Morgan fingerprint density at radius 2 is 2.03 bits per heavy atom. The van der Waals surface area contributed by atoms with Gasteiger partial charge in [-0.1, -0.05) is 39.4 Å². The van der Waals surface area contributed by atoms with Crippen molar-refractivity contribution >= 4 is 32.2 Å². The molecule has 1 fully saturated rings. The molecular formula is C20H19BrN4O3S. The van der Waals surface area contributed by atoms with Crippen molar-refractivity contribution in [3.63, 3.8) is 0 Å². The van der Waals surface area contributed by atoms with Gasteiger partial charge >= 0.3 is 0 Å². The van der Waals surface area contributed by atoms with E-state index in [0.717, 1.165) is 28.0 Å². The third-order valence-corrected chi connectivity index (χ3v) is 6.78. The number of aliphatic hydroxyl groups is 1. The first-order valence-electron chi connectivity index (χ1n) is 9.40. The molecule has 1 aliphatic rings. The largest absolute Gasteiger partial charge is 0.492 e. The molecule has 0 saturated carbocycles. The van der Waals surface area contributed by atoms with Crippen molar-refractivity contribution in [2.24, 2.45) is 0 Å². The fraction of sp³-hybridized carbons (Fsp3) is 0.300. The first-order chi connectivity index (χ1) is 14.1. The highest BCUT2D eigenvalue weighted by Crippen LogP contribution is 2.41. The van der Waals surface area contributed by atoms with E-state index in [1.54, 1.807) is 18.4 Å². The second-order valence-electron chi connectivity index (χ2n) is 7.12. The number of likely N-dealkylation sites (tertiary alicyclic amines) is 1. The molecule has 0 radical (unpaired) electrons. The Bertz CT molecular complexity index is 1130. The predicted octanol–water partition coefficient (Wildman–Crippen LogP) is 4.07. The summed E-state index contributed by atoms with van der Waals surface area (Å²) < 4.78 is 7.83. The molecule has 3 aromatic heterocycles. The quantitative estimate of drug-likeness (QED) is 0.463. The van der Waals surface area contributed by atoms with Crippen molar-refractivity contribution in [2.75, 3.05) is 13.1 Å². The number of piperidine rings is 1. The van der Waals surface area contributed by atoms with Gasteiger partial charge in [0, 0.05) is 17.6 Å². The second-order valence-corrected chi connectivity index (χ2v) is 9.05. The van der Waals surface area contributed by atoms with Gasteiger partial charge in [0.25, 0.3) is 0 Å². The number of aliphatic hydroxyl groups excluding tert-OH is 1. The zero-order chi connectivity index (χ0) is 20.0. The molecule has 7 nitrogen and oxygen atoms in total. The SMILES string of the molecule is Oc1c(C(c2cccc(Br)c2)N2CCC(O)CC2)sc2nc(-c3ccco3)nn12. The van der Waals surface area contributed by atoms with Gasteiger partial charge in [0.05, 0.1) is 23.3 Å². The van der Waals surface area contributed by atoms with Gasteiger partial charge in [0.15, 0.2) is 5.76 Å². The van der Waals surface area contributed by atoms with Crippen molar-refractivity contribution < 1.29 is 14.6 Å². The summed E-state index contributed by atoms with van der Waals surface area (Å²) in [5.74, 6) is 1.10. The highest BCUT2D eigenvalue weighted by atomic mass is 79.9. The number of aromatic nitrogens is 3. The van der Waals surface area contributed by atoms with Crippen LogP contribution in [-0.4, -0.2) is 48.9 Å². The first-order valence-corrected chi connectivity index (χ1v) is 11.0. The van der Waals surface area contributed by atoms with Crippen molar-refractivity contribution in [1.29, 1.82) is 0 Å². The van der Waals surface area contributed by atoms with Gasteiger partial charge in [-0.2, -0.15) is 9.50 Å². The topological polar surface area (TPSA) is 87.0 Å². The van der Waals surface area contributed by atoms with Gasteiger partial charge in [-0.3, -0.25) is 4.90 Å². The van der Waals surface area contributed by atoms with Crippen LogP contribution >= 0.6 is 27.3 Å². The average molecular weight is 475 g/mol. The molecule has 1 aromatic carbocycles. The molecule has 150 valence electrons. The highest BCUT2D eigenvalue weighted by Gasteiger charge is 2.32. The normalized spacial score (nSPS) is 17.2. The molecule has 1 aliphatic heterocycles. The molecule has 1 unspecified atom stereocenters. The predicted molar refractivity (Wildman–Crippen MR) is 113 cm³/mol. The number of hydrogen-bond acceptors (Lipinski definition) is 7. The standard InChI is InChI=1S/C20H19BrN4O3S/c21-13-4-1-3-12(11-13)16(24-8-6-14(26)7-9-24)17-19(27)25-20(29-17)22-18(23-25)15-5-2-10-28-15/h1-5,10-11,14,16,26-27H,6-9H2. The lowest BCUT2D eigenvalue weighted by Crippen LogP contribution is -2.38. The van der Waals surface area contributed by atoms with Crippen LogP contribution in [0, 0.1) is 0 Å². The number of furan rings is 1. The molecule has 5 rings (SSSR count). The van der Waals surface area contributed by atoms with E-state index < -0.39 is 0 Å². The molecule has 1 atom stereocenters. The van der Waals surface area contributed by atoms with Gasteiger partial charge in [-0.25, -0.2) is 0 Å². The van der Waals surface area contributed by atoms with Gasteiger partial charge in [-0.05, 0) is 42.7 Å². The molecule has 2 N–H and O–H groups in total. The average Bonchev–Trinajstić information content (AvgIpc) is 3.43. The van der Waals surface area contributed by atoms with Crippen LogP contribution in [0.5, 0.6) is 5.88 Å². The van der Waals surface area contributed by atoms with Crippen LogP contribution in [0.3, 0.4) is 0 Å². The smallest absolute Gasteiger partial charge is 0.230 e. The summed E-state index contributed by atoms with van der Waals surface area (Å²) in [4.78, 5) is 8.24. The zero-order valence-electron chi connectivity index (χ0n) is 15.4. The Kier molecular flexibility index (Phi) is 4.91. The lowest BCUT2D eigenvalue weighted by Gasteiger charge is -2.36. The molecule has 0 aliphatic carbocycles. The monoisotopic (exact) mass is 474 g/mol. The number of hydrogen-bond donors (Lipinski definition) is 2. The number of halogens is 1. The van der Waals surface area contributed by atoms with Crippen LogP contribution in [0.25, 0.3) is 16.5 Å². The minimum atomic E-state index is -0.263. The molecule has 4 heterocycles. The summed E-state index contributed by atoms with van der Waals surface area (Å²) in [5, 5.41) is 25.4. The molecule has 0 spiro atoms. The number of fused-ring (bicyclic) bond motifs is 1. The Balaban J connectivity index is 1.59. The Labute approximate surface area is 179 Å². The molecular weight excluding hydrogens is 456 g/mol. The summed E-state index contributed by atoms with van der Waals surface area (Å²) >= 11 is 4.98. The lowest BCUT2D eigenvalue weighted by atomic mass is 9.99. The summed E-state index contributed by atoms with van der Waals surface area (Å²) in [7, 11) is 0. The summed E-state index contributed by atoms with van der Waals surface area (Å²) in [6.45, 7) is 1.51. The Morgan fingerprint density at radius 1 is 1.21 bits per heavy atom. The van der Waals surface area contributed by atoms with Gasteiger partial charge in [0.1, 0.15) is 0 Å². The highest BCUT2D eigenvalue weighted by molar-refractivity contribution is 9.10. The molecule has 0 bridgehead atoms. The fourth-order valence-electron chi connectivity index (χ4n) is 3.79. The van der Waals surface area contributed by atoms with Crippen LogP contribution in [0.15, 0.2) is 51.6 Å². The summed E-state index contributed by atoms with van der Waals surface area (Å²) in [5.41, 5.74) is 1.07. The zero-order valence-corrected chi connectivity index (χ0v) is 17.8. The van der Waals surface area contributed by atoms with Crippen molar-refractivity contribution in [3.05, 3.63) is 57.6 Å². The van der Waals surface area contributed by atoms with E-state index in [1.165, 1.54) is 15.9 Å². The summed E-state index contributed by atoms with van der Waals surface area (Å²) in [6, 6.07) is 11.5. The van der Waals surface area contributed by atoms with E-state index in [4.69, 9.17) is 4.42 Å². The second kappa shape index (κ2) is 7.56. The Morgan fingerprint density at radius 3 is 2.72 bits per heavy atom. The van der Waals surface area contributed by atoms with Crippen LogP contribution in [-0.2, 0) is 0 Å². The van der Waals surface area contributed by atoms with E-state index in [2.05, 4.69) is 43.0 Å². The van der Waals surface area contributed by atoms with Crippen LogP contribution < -0.4 is 0 Å². The third kappa shape index (κ3) is 3.48. The first kappa shape index (κ1) is 18.8. The van der Waals surface area contributed by atoms with Crippen molar-refractivity contribution in [2.45, 2.75) is 25.0 Å². The number of rotatable bonds is 4. The minimum absolute atomic E-state index is 0.0893. The van der Waals surface area contributed by atoms with E-state index in [9.17, 15) is 10.2 Å². The number of nitrogens with zero attached hydrogens (tertiary/aromatic N) is 4. The fourth-order valence-corrected chi connectivity index (χ4v) is 5.32. The molecule has 1 saturated heterocycles. The van der Waals surface area contributed by atoms with Crippen LogP contribution in [0.1, 0.15) is 29.3 Å². The maximum absolute atomic E-state index is 11.0. The van der Waals surface area contributed by atoms with Crippen molar-refractivity contribution in [1.82, 2.24) is 19.5 Å². The van der Waals surface area contributed by atoms with E-state index in [0.29, 0.717) is 29.4 Å². The Hall–Kier alpha value is -2.20. The van der Waals surface area contributed by atoms with Gasteiger partial charge in [-0.15, -0.1) is 5.10 Å². The number of aromatic hydroxyl groups is 1. The minimum Gasteiger partial charge on any atom is -0.492 e. The van der Waals surface area contributed by atoms with Gasteiger partial charge in [0.2, 0.25) is 16.7 Å². The van der Waals surface area contributed by atoms with Crippen LogP contribution in [0.2, 0.25) is 0 Å². The molecule has 29 heavy (non-hydrogen) atoms. The number of thiazole rings is 1. The van der Waals surface area contributed by atoms with E-state index >= 15 is 0 Å². The van der Waals surface area contributed by atoms with Crippen LogP contribution in [0.4, 0.5) is 0 Å². The van der Waals surface area contributed by atoms with Gasteiger partial charge < -0.3 is 14.6 Å². The third-order valence-electron chi connectivity index (χ3n) is 5.22. The van der Waals surface area contributed by atoms with Crippen molar-refractivity contribution in [3.8, 4) is 17.5 Å². The van der Waals surface area contributed by atoms with E-state index in [-0.39, 0.29) is 18.0 Å². The number of benzene rings is 1. The molecule has 9 heteroatoms. The lowest BCUT2D eigenvalue weighted by molar-refractivity contribution is 0.0689. The summed E-state index contributed by atoms with van der Waals surface area (Å²) in [6.07, 6.45) is 2.74. The maximum Gasteiger partial charge on any atom is 0.230 e. The molecule has 0 amide bonds. The van der Waals surface area contributed by atoms with E-state index in [1.807, 2.05) is 12.1 Å². The maximum atomic E-state index is 11.0.